The number of thiazole rings is 1. The van der Waals surface area contributed by atoms with Gasteiger partial charge in [0, 0.05) is 5.38 Å². The summed E-state index contributed by atoms with van der Waals surface area (Å²) in [6, 6.07) is 17.8. The third-order valence-electron chi connectivity index (χ3n) is 3.62. The van der Waals surface area contributed by atoms with Gasteiger partial charge in [0.25, 0.3) is 5.91 Å². The molecule has 0 fully saturated rings. The van der Waals surface area contributed by atoms with Crippen LogP contribution in [0.3, 0.4) is 0 Å². The smallest absolute Gasteiger partial charge is 0.267 e. The van der Waals surface area contributed by atoms with Crippen molar-refractivity contribution >= 4 is 44.5 Å². The number of hydrogen-bond acceptors (Lipinski definition) is 5. The third kappa shape index (κ3) is 3.70. The van der Waals surface area contributed by atoms with Gasteiger partial charge >= 0.3 is 0 Å². The largest absolute Gasteiger partial charge is 0.487 e. The summed E-state index contributed by atoms with van der Waals surface area (Å²) in [7, 11) is 0. The quantitative estimate of drug-likeness (QED) is 0.529. The van der Waals surface area contributed by atoms with Crippen molar-refractivity contribution in [1.82, 2.24) is 4.98 Å². The molecule has 0 aliphatic rings. The van der Waals surface area contributed by atoms with Crippen LogP contribution in [0.1, 0.15) is 15.4 Å². The van der Waals surface area contributed by atoms with E-state index >= 15 is 0 Å². The minimum Gasteiger partial charge on any atom is -0.487 e. The van der Waals surface area contributed by atoms with Crippen LogP contribution in [0.5, 0.6) is 5.75 Å². The Morgan fingerprint density at radius 2 is 1.92 bits per heavy atom. The highest BCUT2D eigenvalue weighted by Gasteiger charge is 2.10. The van der Waals surface area contributed by atoms with Crippen LogP contribution in [0.4, 0.5) is 5.13 Å². The zero-order chi connectivity index (χ0) is 17.1. The predicted octanol–water partition coefficient (Wildman–Crippen LogP) is 5.19. The van der Waals surface area contributed by atoms with E-state index in [4.69, 9.17) is 4.74 Å². The highest BCUT2D eigenvalue weighted by molar-refractivity contribution is 7.14. The molecule has 4 rings (SSSR count). The van der Waals surface area contributed by atoms with E-state index in [0.29, 0.717) is 16.6 Å². The standard InChI is InChI=1S/C19H14N2O2S2/c22-18(17-6-3-9-24-17)21-19-20-15(12-25-19)11-23-16-8-7-13-4-1-2-5-14(13)10-16/h1-10,12H,11H2,(H,20,21,22). The number of carbonyl (C=O) groups is 1. The first kappa shape index (κ1) is 15.8. The number of benzene rings is 2. The normalized spacial score (nSPS) is 10.7. The average Bonchev–Trinajstić information content (AvgIpc) is 3.32. The summed E-state index contributed by atoms with van der Waals surface area (Å²) >= 11 is 2.80. The molecule has 4 nitrogen and oxygen atoms in total. The molecule has 1 N–H and O–H groups in total. The monoisotopic (exact) mass is 366 g/mol. The van der Waals surface area contributed by atoms with E-state index < -0.39 is 0 Å². The molecule has 0 atom stereocenters. The van der Waals surface area contributed by atoms with Crippen LogP contribution in [0.2, 0.25) is 0 Å². The lowest BCUT2D eigenvalue weighted by Gasteiger charge is -2.05. The molecule has 0 aliphatic heterocycles. The van der Waals surface area contributed by atoms with Gasteiger partial charge < -0.3 is 4.74 Å². The summed E-state index contributed by atoms with van der Waals surface area (Å²) in [5, 5.41) is 9.48. The van der Waals surface area contributed by atoms with Gasteiger partial charge in [-0.05, 0) is 34.4 Å². The van der Waals surface area contributed by atoms with Crippen molar-refractivity contribution in [3.63, 3.8) is 0 Å². The fourth-order valence-electron chi connectivity index (χ4n) is 2.41. The summed E-state index contributed by atoms with van der Waals surface area (Å²) < 4.78 is 5.82. The van der Waals surface area contributed by atoms with E-state index in [9.17, 15) is 4.79 Å². The fraction of sp³-hybridized carbons (Fsp3) is 0.0526. The lowest BCUT2D eigenvalue weighted by Crippen LogP contribution is -2.09. The minimum absolute atomic E-state index is 0.133. The summed E-state index contributed by atoms with van der Waals surface area (Å²) in [5.74, 6) is 0.669. The Kier molecular flexibility index (Phi) is 4.45. The first-order valence-corrected chi connectivity index (χ1v) is 9.45. The number of nitrogens with zero attached hydrogens (tertiary/aromatic N) is 1. The maximum atomic E-state index is 12.0. The molecule has 2 heterocycles. The van der Waals surface area contributed by atoms with Gasteiger partial charge in [0.15, 0.2) is 5.13 Å². The molecular formula is C19H14N2O2S2. The second-order valence-electron chi connectivity index (χ2n) is 5.37. The van der Waals surface area contributed by atoms with Crippen LogP contribution in [-0.4, -0.2) is 10.9 Å². The summed E-state index contributed by atoms with van der Waals surface area (Å²) in [6.45, 7) is 0.365. The number of hydrogen-bond donors (Lipinski definition) is 1. The molecule has 0 saturated carbocycles. The maximum Gasteiger partial charge on any atom is 0.267 e. The Balaban J connectivity index is 1.39. The molecule has 0 bridgehead atoms. The molecule has 4 aromatic rings. The molecule has 2 aromatic heterocycles. The second kappa shape index (κ2) is 7.04. The van der Waals surface area contributed by atoms with Crippen molar-refractivity contribution in [1.29, 1.82) is 0 Å². The van der Waals surface area contributed by atoms with Crippen LogP contribution >= 0.6 is 22.7 Å². The van der Waals surface area contributed by atoms with Gasteiger partial charge in [0.05, 0.1) is 10.6 Å². The fourth-order valence-corrected chi connectivity index (χ4v) is 3.72. The molecule has 6 heteroatoms. The van der Waals surface area contributed by atoms with E-state index in [1.54, 1.807) is 6.07 Å². The molecule has 2 aromatic carbocycles. The highest BCUT2D eigenvalue weighted by Crippen LogP contribution is 2.23. The van der Waals surface area contributed by atoms with Gasteiger partial charge in [-0.1, -0.05) is 36.4 Å². The second-order valence-corrected chi connectivity index (χ2v) is 7.18. The Labute approximate surface area is 152 Å². The highest BCUT2D eigenvalue weighted by atomic mass is 32.1. The Morgan fingerprint density at radius 3 is 2.76 bits per heavy atom. The van der Waals surface area contributed by atoms with Gasteiger partial charge in [0.2, 0.25) is 0 Å². The van der Waals surface area contributed by atoms with E-state index in [1.165, 1.54) is 28.1 Å². The Morgan fingerprint density at radius 1 is 1.04 bits per heavy atom. The van der Waals surface area contributed by atoms with Crippen molar-refractivity contribution in [2.75, 3.05) is 5.32 Å². The van der Waals surface area contributed by atoms with Crippen LogP contribution in [0.25, 0.3) is 10.8 Å². The van der Waals surface area contributed by atoms with Crippen molar-refractivity contribution < 1.29 is 9.53 Å². The molecule has 0 unspecified atom stereocenters. The van der Waals surface area contributed by atoms with Gasteiger partial charge in [-0.25, -0.2) is 4.98 Å². The molecule has 0 radical (unpaired) electrons. The van der Waals surface area contributed by atoms with Crippen molar-refractivity contribution in [3.8, 4) is 5.75 Å². The average molecular weight is 366 g/mol. The van der Waals surface area contributed by atoms with E-state index in [1.807, 2.05) is 47.2 Å². The van der Waals surface area contributed by atoms with Crippen LogP contribution < -0.4 is 10.1 Å². The number of amides is 1. The number of aromatic nitrogens is 1. The minimum atomic E-state index is -0.133. The molecule has 0 aliphatic carbocycles. The molecule has 1 amide bonds. The van der Waals surface area contributed by atoms with Crippen molar-refractivity contribution in [2.45, 2.75) is 6.61 Å². The number of rotatable bonds is 5. The SMILES string of the molecule is O=C(Nc1nc(COc2ccc3ccccc3c2)cs1)c1cccs1. The zero-order valence-corrected chi connectivity index (χ0v) is 14.8. The topological polar surface area (TPSA) is 51.2 Å². The number of anilines is 1. The first-order valence-electron chi connectivity index (χ1n) is 7.69. The first-order chi connectivity index (χ1) is 12.3. The van der Waals surface area contributed by atoms with Crippen molar-refractivity contribution in [2.24, 2.45) is 0 Å². The molecular weight excluding hydrogens is 352 g/mol. The van der Waals surface area contributed by atoms with Gasteiger partial charge in [-0.15, -0.1) is 22.7 Å². The van der Waals surface area contributed by atoms with Crippen LogP contribution in [0, 0.1) is 0 Å². The summed E-state index contributed by atoms with van der Waals surface area (Å²) in [5.41, 5.74) is 0.791. The zero-order valence-electron chi connectivity index (χ0n) is 13.1. The summed E-state index contributed by atoms with van der Waals surface area (Å²) in [4.78, 5) is 17.1. The van der Waals surface area contributed by atoms with E-state index in [2.05, 4.69) is 22.4 Å². The summed E-state index contributed by atoms with van der Waals surface area (Å²) in [6.07, 6.45) is 0. The lowest BCUT2D eigenvalue weighted by atomic mass is 10.1. The van der Waals surface area contributed by atoms with Gasteiger partial charge in [-0.3, -0.25) is 10.1 Å². The number of carbonyl (C=O) groups excluding carboxylic acids is 1. The predicted molar refractivity (Wildman–Crippen MR) is 103 cm³/mol. The number of fused-ring (bicyclic) bond motifs is 1. The van der Waals surface area contributed by atoms with E-state index in [-0.39, 0.29) is 5.91 Å². The number of thiophene rings is 1. The Bertz CT molecular complexity index is 1010. The maximum absolute atomic E-state index is 12.0. The Hall–Kier alpha value is -2.70. The van der Waals surface area contributed by atoms with Crippen molar-refractivity contribution in [3.05, 3.63) is 75.9 Å². The van der Waals surface area contributed by atoms with E-state index in [0.717, 1.165) is 16.8 Å². The number of nitrogens with one attached hydrogen (secondary N) is 1. The molecule has 0 spiro atoms. The van der Waals surface area contributed by atoms with Gasteiger partial charge in [-0.2, -0.15) is 0 Å². The third-order valence-corrected chi connectivity index (χ3v) is 5.30. The molecule has 124 valence electrons. The molecule has 0 saturated heterocycles. The van der Waals surface area contributed by atoms with Crippen LogP contribution in [0.15, 0.2) is 65.4 Å². The lowest BCUT2D eigenvalue weighted by molar-refractivity contribution is 0.103. The number of ether oxygens (including phenoxy) is 1. The van der Waals surface area contributed by atoms with Gasteiger partial charge in [0.1, 0.15) is 12.4 Å². The van der Waals surface area contributed by atoms with Crippen LogP contribution in [-0.2, 0) is 6.61 Å². The molecule has 25 heavy (non-hydrogen) atoms.